The van der Waals surface area contributed by atoms with E-state index in [4.69, 9.17) is 9.15 Å². The molecule has 0 atom stereocenters. The molecule has 0 radical (unpaired) electrons. The van der Waals surface area contributed by atoms with E-state index in [-0.39, 0.29) is 17.3 Å². The minimum absolute atomic E-state index is 0.0286. The molecule has 1 N–H and O–H groups in total. The molecule has 6 nitrogen and oxygen atoms in total. The highest BCUT2D eigenvalue weighted by molar-refractivity contribution is 7.16. The summed E-state index contributed by atoms with van der Waals surface area (Å²) in [5, 5.41) is 13.6. The summed E-state index contributed by atoms with van der Waals surface area (Å²) in [6, 6.07) is 8.51. The zero-order valence-corrected chi connectivity index (χ0v) is 17.7. The maximum absolute atomic E-state index is 13.1. The topological polar surface area (TPSA) is 92.3 Å². The van der Waals surface area contributed by atoms with Gasteiger partial charge in [0.05, 0.1) is 17.2 Å². The fourth-order valence-corrected chi connectivity index (χ4v) is 5.03. The average molecular weight is 423 g/mol. The van der Waals surface area contributed by atoms with Crippen LogP contribution in [0.3, 0.4) is 0 Å². The van der Waals surface area contributed by atoms with Gasteiger partial charge in [0.15, 0.2) is 0 Å². The number of fused-ring (bicyclic) bond motifs is 2. The Labute approximate surface area is 178 Å². The maximum Gasteiger partial charge on any atom is 0.337 e. The standard InChI is InChI=1S/C23H22N2O4S/c1-13(2)28-14-8-9-15-17(11-21(26)29-19(15)10-14)22(27)25-23-18(12-24)16-6-4-3-5-7-20(16)30-23/h8-11,13H,3-7H2,1-2H3,(H,25,27). The molecule has 4 rings (SSSR count). The monoisotopic (exact) mass is 422 g/mol. The van der Waals surface area contributed by atoms with Gasteiger partial charge in [0.2, 0.25) is 0 Å². The third-order valence-corrected chi connectivity index (χ3v) is 6.30. The van der Waals surface area contributed by atoms with Crippen LogP contribution in [0, 0.1) is 11.3 Å². The predicted molar refractivity (Wildman–Crippen MR) is 116 cm³/mol. The molecule has 1 aromatic carbocycles. The van der Waals surface area contributed by atoms with Crippen molar-refractivity contribution < 1.29 is 13.9 Å². The minimum Gasteiger partial charge on any atom is -0.491 e. The van der Waals surface area contributed by atoms with Crippen molar-refractivity contribution in [3.63, 3.8) is 0 Å². The van der Waals surface area contributed by atoms with Crippen molar-refractivity contribution in [2.24, 2.45) is 0 Å². The summed E-state index contributed by atoms with van der Waals surface area (Å²) in [7, 11) is 0. The molecule has 30 heavy (non-hydrogen) atoms. The molecule has 3 aromatic rings. The molecule has 2 heterocycles. The number of thiophene rings is 1. The molecule has 0 bridgehead atoms. The number of amides is 1. The van der Waals surface area contributed by atoms with E-state index < -0.39 is 11.5 Å². The number of nitrogens with one attached hydrogen (secondary N) is 1. The summed E-state index contributed by atoms with van der Waals surface area (Å²) in [6.45, 7) is 3.80. The van der Waals surface area contributed by atoms with Crippen LogP contribution in [0.15, 0.2) is 33.5 Å². The fraction of sp³-hybridized carbons (Fsp3) is 0.348. The van der Waals surface area contributed by atoms with Crippen molar-refractivity contribution in [1.29, 1.82) is 5.26 Å². The maximum atomic E-state index is 13.1. The Balaban J connectivity index is 1.70. The third-order valence-electron chi connectivity index (χ3n) is 5.09. The number of rotatable bonds is 4. The molecule has 0 saturated heterocycles. The van der Waals surface area contributed by atoms with Crippen molar-refractivity contribution in [3.05, 3.63) is 56.3 Å². The smallest absolute Gasteiger partial charge is 0.337 e. The number of ether oxygens (including phenoxy) is 1. The number of hydrogen-bond acceptors (Lipinski definition) is 6. The largest absolute Gasteiger partial charge is 0.491 e. The Hall–Kier alpha value is -3.11. The van der Waals surface area contributed by atoms with Crippen LogP contribution >= 0.6 is 11.3 Å². The van der Waals surface area contributed by atoms with Crippen LogP contribution in [-0.4, -0.2) is 12.0 Å². The van der Waals surface area contributed by atoms with Gasteiger partial charge >= 0.3 is 5.63 Å². The molecule has 0 spiro atoms. The Morgan fingerprint density at radius 3 is 2.80 bits per heavy atom. The van der Waals surface area contributed by atoms with Gasteiger partial charge in [0, 0.05) is 22.4 Å². The van der Waals surface area contributed by atoms with Gasteiger partial charge in [0.1, 0.15) is 22.4 Å². The molecule has 1 aliphatic carbocycles. The molecule has 0 unspecified atom stereocenters. The second-order valence-corrected chi connectivity index (χ2v) is 8.74. The quantitative estimate of drug-likeness (QED) is 0.470. The van der Waals surface area contributed by atoms with Gasteiger partial charge in [-0.2, -0.15) is 5.26 Å². The summed E-state index contributed by atoms with van der Waals surface area (Å²) in [5.74, 6) is 0.130. The number of nitriles is 1. The first kappa shape index (κ1) is 20.2. The third kappa shape index (κ3) is 3.96. The first-order valence-corrected chi connectivity index (χ1v) is 10.9. The molecular formula is C23H22N2O4S. The van der Waals surface area contributed by atoms with E-state index in [0.29, 0.717) is 21.7 Å². The zero-order valence-electron chi connectivity index (χ0n) is 16.9. The average Bonchev–Trinajstić information content (AvgIpc) is 2.85. The van der Waals surface area contributed by atoms with Gasteiger partial charge < -0.3 is 14.5 Å². The number of carbonyl (C=O) groups is 1. The Kier molecular flexibility index (Phi) is 5.60. The van der Waals surface area contributed by atoms with Gasteiger partial charge in [-0.3, -0.25) is 4.79 Å². The van der Waals surface area contributed by atoms with Crippen LogP contribution < -0.4 is 15.7 Å². The van der Waals surface area contributed by atoms with Crippen molar-refractivity contribution in [2.45, 2.75) is 52.1 Å². The summed E-state index contributed by atoms with van der Waals surface area (Å²) in [6.07, 6.45) is 5.07. The van der Waals surface area contributed by atoms with E-state index >= 15 is 0 Å². The normalized spacial score (nSPS) is 13.5. The van der Waals surface area contributed by atoms with Gasteiger partial charge in [-0.25, -0.2) is 4.79 Å². The van der Waals surface area contributed by atoms with Gasteiger partial charge in [-0.15, -0.1) is 11.3 Å². The van der Waals surface area contributed by atoms with Gasteiger partial charge in [-0.05, 0) is 57.2 Å². The first-order chi connectivity index (χ1) is 14.5. The molecule has 0 saturated carbocycles. The molecule has 7 heteroatoms. The van der Waals surface area contributed by atoms with Crippen LogP contribution in [-0.2, 0) is 12.8 Å². The highest BCUT2D eigenvalue weighted by Crippen LogP contribution is 2.37. The fourth-order valence-electron chi connectivity index (χ4n) is 3.80. The summed E-state index contributed by atoms with van der Waals surface area (Å²) < 4.78 is 10.9. The number of anilines is 1. The Morgan fingerprint density at radius 1 is 1.23 bits per heavy atom. The lowest BCUT2D eigenvalue weighted by molar-refractivity contribution is 0.102. The van der Waals surface area contributed by atoms with E-state index in [0.717, 1.165) is 37.7 Å². The highest BCUT2D eigenvalue weighted by Gasteiger charge is 2.22. The molecule has 154 valence electrons. The lowest BCUT2D eigenvalue weighted by Crippen LogP contribution is -2.15. The predicted octanol–water partition coefficient (Wildman–Crippen LogP) is 5.03. The Bertz CT molecular complexity index is 1220. The van der Waals surface area contributed by atoms with E-state index in [1.165, 1.54) is 22.3 Å². The lowest BCUT2D eigenvalue weighted by atomic mass is 10.1. The van der Waals surface area contributed by atoms with Crippen LogP contribution in [0.2, 0.25) is 0 Å². The van der Waals surface area contributed by atoms with Crippen molar-refractivity contribution in [2.75, 3.05) is 5.32 Å². The van der Waals surface area contributed by atoms with Crippen molar-refractivity contribution in [1.82, 2.24) is 0 Å². The minimum atomic E-state index is -0.614. The van der Waals surface area contributed by atoms with E-state index in [1.54, 1.807) is 18.2 Å². The molecular weight excluding hydrogens is 400 g/mol. The van der Waals surface area contributed by atoms with Crippen LogP contribution in [0.25, 0.3) is 11.0 Å². The molecule has 2 aromatic heterocycles. The SMILES string of the molecule is CC(C)Oc1ccc2c(C(=O)Nc3sc4c(c3C#N)CCCCC4)cc(=O)oc2c1. The zero-order chi connectivity index (χ0) is 21.3. The number of nitrogens with zero attached hydrogens (tertiary/aromatic N) is 1. The van der Waals surface area contributed by atoms with E-state index in [9.17, 15) is 14.9 Å². The van der Waals surface area contributed by atoms with Crippen molar-refractivity contribution >= 4 is 33.2 Å². The summed E-state index contributed by atoms with van der Waals surface area (Å²) in [5.41, 5.74) is 1.49. The second kappa shape index (κ2) is 8.33. The highest BCUT2D eigenvalue weighted by atomic mass is 32.1. The van der Waals surface area contributed by atoms with E-state index in [1.807, 2.05) is 13.8 Å². The number of benzene rings is 1. The molecule has 1 aliphatic rings. The molecule has 0 fully saturated rings. The second-order valence-electron chi connectivity index (χ2n) is 7.64. The van der Waals surface area contributed by atoms with Crippen LogP contribution in [0.1, 0.15) is 59.5 Å². The number of hydrogen-bond donors (Lipinski definition) is 1. The molecule has 1 amide bonds. The number of aryl methyl sites for hydroxylation is 1. The summed E-state index contributed by atoms with van der Waals surface area (Å²) >= 11 is 1.47. The number of carbonyl (C=O) groups excluding carboxylic acids is 1. The van der Waals surface area contributed by atoms with Gasteiger partial charge in [-0.1, -0.05) is 6.42 Å². The first-order valence-electron chi connectivity index (χ1n) is 10.1. The van der Waals surface area contributed by atoms with Crippen molar-refractivity contribution in [3.8, 4) is 11.8 Å². The van der Waals surface area contributed by atoms with Crippen LogP contribution in [0.4, 0.5) is 5.00 Å². The summed E-state index contributed by atoms with van der Waals surface area (Å²) in [4.78, 5) is 26.3. The Morgan fingerprint density at radius 2 is 2.03 bits per heavy atom. The van der Waals surface area contributed by atoms with Crippen LogP contribution in [0.5, 0.6) is 5.75 Å². The van der Waals surface area contributed by atoms with E-state index in [2.05, 4.69) is 11.4 Å². The van der Waals surface area contributed by atoms with Gasteiger partial charge in [0.25, 0.3) is 5.91 Å². The molecule has 0 aliphatic heterocycles. The lowest BCUT2D eigenvalue weighted by Gasteiger charge is -2.11.